The van der Waals surface area contributed by atoms with Gasteiger partial charge < -0.3 is 5.11 Å². The van der Waals surface area contributed by atoms with Gasteiger partial charge in [0.15, 0.2) is 0 Å². The monoisotopic (exact) mass is 206 g/mol. The van der Waals surface area contributed by atoms with Gasteiger partial charge in [-0.15, -0.1) is 0 Å². The molecule has 1 unspecified atom stereocenters. The van der Waals surface area contributed by atoms with E-state index in [-0.39, 0.29) is 0 Å². The Morgan fingerprint density at radius 1 is 1.40 bits per heavy atom. The van der Waals surface area contributed by atoms with Crippen LogP contribution in [0.1, 0.15) is 30.0 Å². The van der Waals surface area contributed by atoms with Crippen LogP contribution in [0.2, 0.25) is 0 Å². The first-order valence-corrected chi connectivity index (χ1v) is 5.41. The molecule has 0 bridgehead atoms. The van der Waals surface area contributed by atoms with Gasteiger partial charge in [-0.25, -0.2) is 0 Å². The van der Waals surface area contributed by atoms with Gasteiger partial charge in [0.05, 0.1) is 0 Å². The molecule has 0 spiro atoms. The van der Waals surface area contributed by atoms with E-state index in [9.17, 15) is 5.11 Å². The molecule has 0 fully saturated rings. The predicted molar refractivity (Wildman–Crippen MR) is 60.2 cm³/mol. The minimum atomic E-state index is -0.883. The van der Waals surface area contributed by atoms with E-state index < -0.39 is 5.60 Å². The second kappa shape index (κ2) is 3.93. The summed E-state index contributed by atoms with van der Waals surface area (Å²) >= 11 is 0. The average Bonchev–Trinajstić information content (AvgIpc) is 2.63. The summed E-state index contributed by atoms with van der Waals surface area (Å²) in [6, 6.07) is 6.24. The fourth-order valence-electron chi connectivity index (χ4n) is 2.21. The number of aryl methyl sites for hydroxylation is 2. The SMILES string of the molecule is CC(O)(CNN)c1ccc2c(c1)CCC2. The molecule has 0 saturated carbocycles. The number of nitrogens with two attached hydrogens (primary N) is 1. The summed E-state index contributed by atoms with van der Waals surface area (Å²) in [7, 11) is 0. The average molecular weight is 206 g/mol. The molecule has 0 saturated heterocycles. The molecule has 3 heteroatoms. The van der Waals surface area contributed by atoms with Gasteiger partial charge in [0, 0.05) is 6.54 Å². The highest BCUT2D eigenvalue weighted by Gasteiger charge is 2.23. The van der Waals surface area contributed by atoms with Gasteiger partial charge >= 0.3 is 0 Å². The van der Waals surface area contributed by atoms with Gasteiger partial charge in [-0.3, -0.25) is 11.3 Å². The number of benzene rings is 1. The van der Waals surface area contributed by atoms with Crippen LogP contribution in [0.25, 0.3) is 0 Å². The number of rotatable bonds is 3. The first-order chi connectivity index (χ1) is 7.13. The highest BCUT2D eigenvalue weighted by atomic mass is 16.3. The normalized spacial score (nSPS) is 18.6. The first-order valence-electron chi connectivity index (χ1n) is 5.41. The number of aliphatic hydroxyl groups is 1. The summed E-state index contributed by atoms with van der Waals surface area (Å²) in [4.78, 5) is 0. The maximum Gasteiger partial charge on any atom is 0.101 e. The Kier molecular flexibility index (Phi) is 2.78. The third kappa shape index (κ3) is 2.04. The number of hydrogen-bond donors (Lipinski definition) is 3. The lowest BCUT2D eigenvalue weighted by Gasteiger charge is -2.24. The molecule has 0 heterocycles. The number of nitrogens with one attached hydrogen (secondary N) is 1. The van der Waals surface area contributed by atoms with Crippen LogP contribution >= 0.6 is 0 Å². The third-order valence-corrected chi connectivity index (χ3v) is 3.17. The Morgan fingerprint density at radius 3 is 2.87 bits per heavy atom. The predicted octanol–water partition coefficient (Wildman–Crippen LogP) is 0.846. The summed E-state index contributed by atoms with van der Waals surface area (Å²) in [5.74, 6) is 5.25. The van der Waals surface area contributed by atoms with Gasteiger partial charge in [-0.2, -0.15) is 0 Å². The largest absolute Gasteiger partial charge is 0.384 e. The molecule has 1 atom stereocenters. The van der Waals surface area contributed by atoms with Crippen molar-refractivity contribution in [3.05, 3.63) is 34.9 Å². The standard InChI is InChI=1S/C12H18N2O/c1-12(15,8-14-13)11-6-5-9-3-2-4-10(9)7-11/h5-7,14-15H,2-4,8,13H2,1H3. The highest BCUT2D eigenvalue weighted by Crippen LogP contribution is 2.27. The van der Waals surface area contributed by atoms with Gasteiger partial charge in [0.1, 0.15) is 5.60 Å². The lowest BCUT2D eigenvalue weighted by Crippen LogP contribution is -2.38. The lowest BCUT2D eigenvalue weighted by atomic mass is 9.93. The van der Waals surface area contributed by atoms with Crippen LogP contribution in [0.3, 0.4) is 0 Å². The maximum atomic E-state index is 10.2. The highest BCUT2D eigenvalue weighted by molar-refractivity contribution is 5.37. The van der Waals surface area contributed by atoms with E-state index in [4.69, 9.17) is 5.84 Å². The van der Waals surface area contributed by atoms with Crippen LogP contribution in [0.5, 0.6) is 0 Å². The van der Waals surface area contributed by atoms with E-state index in [0.717, 1.165) is 12.0 Å². The quantitative estimate of drug-likeness (QED) is 0.507. The van der Waals surface area contributed by atoms with Crippen LogP contribution in [-0.4, -0.2) is 11.7 Å². The molecule has 0 amide bonds. The fourth-order valence-corrected chi connectivity index (χ4v) is 2.21. The molecule has 15 heavy (non-hydrogen) atoms. The van der Waals surface area contributed by atoms with Crippen molar-refractivity contribution in [2.75, 3.05) is 6.54 Å². The smallest absolute Gasteiger partial charge is 0.101 e. The summed E-state index contributed by atoms with van der Waals surface area (Å²) in [6.07, 6.45) is 3.54. The zero-order valence-electron chi connectivity index (χ0n) is 9.09. The molecule has 1 aromatic carbocycles. The van der Waals surface area contributed by atoms with E-state index in [1.807, 2.05) is 6.07 Å². The van der Waals surface area contributed by atoms with Crippen molar-refractivity contribution < 1.29 is 5.11 Å². The van der Waals surface area contributed by atoms with Crippen LogP contribution in [0.15, 0.2) is 18.2 Å². The van der Waals surface area contributed by atoms with E-state index >= 15 is 0 Å². The van der Waals surface area contributed by atoms with Gasteiger partial charge in [-0.05, 0) is 42.9 Å². The van der Waals surface area contributed by atoms with Gasteiger partial charge in [0.2, 0.25) is 0 Å². The molecule has 1 aromatic rings. The van der Waals surface area contributed by atoms with Gasteiger partial charge in [0.25, 0.3) is 0 Å². The fraction of sp³-hybridized carbons (Fsp3) is 0.500. The summed E-state index contributed by atoms with van der Waals surface area (Å²) < 4.78 is 0. The minimum Gasteiger partial charge on any atom is -0.384 e. The van der Waals surface area contributed by atoms with Crippen molar-refractivity contribution in [2.24, 2.45) is 5.84 Å². The Morgan fingerprint density at radius 2 is 2.13 bits per heavy atom. The minimum absolute atomic E-state index is 0.367. The third-order valence-electron chi connectivity index (χ3n) is 3.17. The van der Waals surface area contributed by atoms with Crippen LogP contribution in [0.4, 0.5) is 0 Å². The van der Waals surface area contributed by atoms with Crippen LogP contribution in [0, 0.1) is 0 Å². The van der Waals surface area contributed by atoms with Gasteiger partial charge in [-0.1, -0.05) is 18.2 Å². The molecule has 3 nitrogen and oxygen atoms in total. The molecular formula is C12H18N2O. The molecule has 82 valence electrons. The summed E-state index contributed by atoms with van der Waals surface area (Å²) in [5.41, 5.74) is 5.39. The Hall–Kier alpha value is -0.900. The van der Waals surface area contributed by atoms with E-state index in [0.29, 0.717) is 6.54 Å². The second-order valence-corrected chi connectivity index (χ2v) is 4.49. The van der Waals surface area contributed by atoms with Crippen molar-refractivity contribution in [2.45, 2.75) is 31.8 Å². The van der Waals surface area contributed by atoms with Crippen LogP contribution in [-0.2, 0) is 18.4 Å². The first kappa shape index (κ1) is 10.6. The second-order valence-electron chi connectivity index (χ2n) is 4.49. The van der Waals surface area contributed by atoms with E-state index in [1.54, 1.807) is 6.92 Å². The van der Waals surface area contributed by atoms with Crippen molar-refractivity contribution >= 4 is 0 Å². The van der Waals surface area contributed by atoms with Crippen molar-refractivity contribution in [3.8, 4) is 0 Å². The number of fused-ring (bicyclic) bond motifs is 1. The number of hydrazine groups is 1. The number of hydrogen-bond acceptors (Lipinski definition) is 3. The lowest BCUT2D eigenvalue weighted by molar-refractivity contribution is 0.0572. The molecule has 0 radical (unpaired) electrons. The molecule has 4 N–H and O–H groups in total. The molecule has 1 aliphatic rings. The topological polar surface area (TPSA) is 58.3 Å². The molecule has 2 rings (SSSR count). The summed E-state index contributed by atoms with van der Waals surface area (Å²) in [6.45, 7) is 2.15. The van der Waals surface area contributed by atoms with Crippen molar-refractivity contribution in [3.63, 3.8) is 0 Å². The van der Waals surface area contributed by atoms with Crippen LogP contribution < -0.4 is 11.3 Å². The van der Waals surface area contributed by atoms with E-state index in [1.165, 1.54) is 24.0 Å². The van der Waals surface area contributed by atoms with Crippen molar-refractivity contribution in [1.82, 2.24) is 5.43 Å². The van der Waals surface area contributed by atoms with E-state index in [2.05, 4.69) is 17.6 Å². The molecule has 0 aliphatic heterocycles. The van der Waals surface area contributed by atoms with Crippen molar-refractivity contribution in [1.29, 1.82) is 0 Å². The summed E-state index contributed by atoms with van der Waals surface area (Å²) in [5, 5.41) is 10.2. The molecule has 1 aliphatic carbocycles. The molecular weight excluding hydrogens is 188 g/mol. The Labute approximate surface area is 90.3 Å². The Balaban J connectivity index is 2.29. The maximum absolute atomic E-state index is 10.2. The molecule has 0 aromatic heterocycles. The Bertz CT molecular complexity index is 361. The zero-order chi connectivity index (χ0) is 10.9. The zero-order valence-corrected chi connectivity index (χ0v) is 9.09.